The second kappa shape index (κ2) is 8.15. The van der Waals surface area contributed by atoms with Crippen molar-refractivity contribution in [2.75, 3.05) is 6.26 Å². The third-order valence-corrected chi connectivity index (χ3v) is 5.94. The molecule has 0 aliphatic rings. The van der Waals surface area contributed by atoms with Crippen molar-refractivity contribution in [3.63, 3.8) is 0 Å². The molecule has 8 heteroatoms. The minimum absolute atomic E-state index is 0.0775. The normalized spacial score (nSPS) is 11.8. The molecule has 5 nitrogen and oxygen atoms in total. The Labute approximate surface area is 174 Å². The Kier molecular flexibility index (Phi) is 6.03. The molecular weight excluding hydrogens is 421 g/mol. The number of sulfone groups is 1. The topological polar surface area (TPSA) is 69.4 Å². The van der Waals surface area contributed by atoms with Gasteiger partial charge in [0.1, 0.15) is 23.8 Å². The predicted octanol–water partition coefficient (Wildman–Crippen LogP) is 5.75. The highest BCUT2D eigenvalue weighted by molar-refractivity contribution is 7.90. The molecule has 0 amide bonds. The molecule has 1 heterocycles. The number of halogens is 2. The van der Waals surface area contributed by atoms with Gasteiger partial charge in [-0.15, -0.1) is 0 Å². The monoisotopic (exact) mass is 439 g/mol. The Morgan fingerprint density at radius 1 is 1.07 bits per heavy atom. The first-order valence-electron chi connectivity index (χ1n) is 8.54. The molecule has 0 saturated carbocycles. The van der Waals surface area contributed by atoms with E-state index in [0.29, 0.717) is 32.8 Å². The van der Waals surface area contributed by atoms with Crippen molar-refractivity contribution in [1.29, 1.82) is 0 Å². The van der Waals surface area contributed by atoms with Crippen LogP contribution < -0.4 is 4.74 Å². The SMILES string of the molecule is CC(C)c1onc(-c2c(Cl)cccc2Cl)c1COc1ccc(S(C)(=O)=O)cc1. The lowest BCUT2D eigenvalue weighted by Gasteiger charge is -2.11. The van der Waals surface area contributed by atoms with E-state index in [-0.39, 0.29) is 17.4 Å². The number of aromatic nitrogens is 1. The second-order valence-corrected chi connectivity index (χ2v) is 9.49. The molecule has 0 radical (unpaired) electrons. The Balaban J connectivity index is 1.94. The Hall–Kier alpha value is -2.02. The zero-order chi connectivity index (χ0) is 20.5. The van der Waals surface area contributed by atoms with Crippen LogP contribution in [0.5, 0.6) is 5.75 Å². The Morgan fingerprint density at radius 3 is 2.21 bits per heavy atom. The smallest absolute Gasteiger partial charge is 0.175 e. The first kappa shape index (κ1) is 20.7. The summed E-state index contributed by atoms with van der Waals surface area (Å²) < 4.78 is 34.6. The number of hydrogen-bond acceptors (Lipinski definition) is 5. The van der Waals surface area contributed by atoms with Crippen molar-refractivity contribution in [2.45, 2.75) is 31.3 Å². The van der Waals surface area contributed by atoms with Crippen LogP contribution in [-0.4, -0.2) is 19.8 Å². The van der Waals surface area contributed by atoms with Gasteiger partial charge in [0.05, 0.1) is 20.5 Å². The summed E-state index contributed by atoms with van der Waals surface area (Å²) in [5.41, 5.74) is 1.87. The van der Waals surface area contributed by atoms with Crippen LogP contribution in [0.1, 0.15) is 31.1 Å². The van der Waals surface area contributed by atoms with Crippen LogP contribution >= 0.6 is 23.2 Å². The molecule has 1 aromatic heterocycles. The minimum atomic E-state index is -3.26. The van der Waals surface area contributed by atoms with E-state index in [0.717, 1.165) is 11.8 Å². The number of rotatable bonds is 6. The quantitative estimate of drug-likeness (QED) is 0.488. The highest BCUT2D eigenvalue weighted by atomic mass is 35.5. The van der Waals surface area contributed by atoms with Gasteiger partial charge >= 0.3 is 0 Å². The van der Waals surface area contributed by atoms with Crippen molar-refractivity contribution in [3.05, 3.63) is 63.8 Å². The second-order valence-electron chi connectivity index (χ2n) is 6.66. The zero-order valence-electron chi connectivity index (χ0n) is 15.6. The molecule has 0 bridgehead atoms. The molecule has 0 aliphatic heterocycles. The summed E-state index contributed by atoms with van der Waals surface area (Å²) in [5.74, 6) is 1.28. The average Bonchev–Trinajstić information content (AvgIpc) is 3.03. The van der Waals surface area contributed by atoms with Crippen LogP contribution in [0.4, 0.5) is 0 Å². The van der Waals surface area contributed by atoms with Crippen molar-refractivity contribution in [3.8, 4) is 17.0 Å². The maximum Gasteiger partial charge on any atom is 0.175 e. The van der Waals surface area contributed by atoms with Gasteiger partial charge in [0.15, 0.2) is 9.84 Å². The highest BCUT2D eigenvalue weighted by Gasteiger charge is 2.23. The molecule has 0 fully saturated rings. The van der Waals surface area contributed by atoms with Gasteiger partial charge in [-0.3, -0.25) is 0 Å². The molecule has 0 unspecified atom stereocenters. The van der Waals surface area contributed by atoms with Gasteiger partial charge in [-0.25, -0.2) is 8.42 Å². The van der Waals surface area contributed by atoms with E-state index in [1.54, 1.807) is 30.3 Å². The molecule has 0 spiro atoms. The van der Waals surface area contributed by atoms with Crippen molar-refractivity contribution < 1.29 is 17.7 Å². The summed E-state index contributed by atoms with van der Waals surface area (Å²) in [4.78, 5) is 0.233. The molecule has 148 valence electrons. The molecule has 0 aliphatic carbocycles. The fraction of sp³-hybridized carbons (Fsp3) is 0.250. The van der Waals surface area contributed by atoms with E-state index in [9.17, 15) is 8.42 Å². The molecule has 28 heavy (non-hydrogen) atoms. The highest BCUT2D eigenvalue weighted by Crippen LogP contribution is 2.38. The van der Waals surface area contributed by atoms with Gasteiger partial charge in [-0.1, -0.05) is 48.3 Å². The van der Waals surface area contributed by atoms with Crippen molar-refractivity contribution in [1.82, 2.24) is 5.16 Å². The maximum atomic E-state index is 11.6. The van der Waals surface area contributed by atoms with Gasteiger partial charge in [0, 0.05) is 17.7 Å². The standard InChI is InChI=1S/C20H19Cl2NO4S/c1-12(2)20-15(11-26-13-7-9-14(10-8-13)28(3,24)25)19(23-27-20)18-16(21)5-4-6-17(18)22/h4-10,12H,11H2,1-3H3. The largest absolute Gasteiger partial charge is 0.489 e. The van der Waals surface area contributed by atoms with E-state index in [1.165, 1.54) is 12.1 Å². The molecule has 2 aromatic carbocycles. The van der Waals surface area contributed by atoms with E-state index in [4.69, 9.17) is 32.5 Å². The summed E-state index contributed by atoms with van der Waals surface area (Å²) in [5, 5.41) is 5.12. The lowest BCUT2D eigenvalue weighted by atomic mass is 10.0. The lowest BCUT2D eigenvalue weighted by Crippen LogP contribution is -2.02. The summed E-state index contributed by atoms with van der Waals surface area (Å²) in [6.45, 7) is 4.15. The number of benzene rings is 2. The molecule has 3 aromatic rings. The fourth-order valence-corrected chi connectivity index (χ4v) is 3.98. The number of nitrogens with zero attached hydrogens (tertiary/aromatic N) is 1. The van der Waals surface area contributed by atoms with Crippen LogP contribution in [0.15, 0.2) is 51.9 Å². The van der Waals surface area contributed by atoms with Crippen LogP contribution in [0.3, 0.4) is 0 Å². The fourth-order valence-electron chi connectivity index (χ4n) is 2.77. The van der Waals surface area contributed by atoms with Crippen LogP contribution in [-0.2, 0) is 16.4 Å². The van der Waals surface area contributed by atoms with Gasteiger partial charge in [0.25, 0.3) is 0 Å². The van der Waals surface area contributed by atoms with Gasteiger partial charge in [-0.2, -0.15) is 0 Å². The molecule has 0 atom stereocenters. The predicted molar refractivity (Wildman–Crippen MR) is 110 cm³/mol. The molecule has 0 N–H and O–H groups in total. The summed E-state index contributed by atoms with van der Waals surface area (Å²) in [7, 11) is -3.26. The van der Waals surface area contributed by atoms with E-state index in [1.807, 2.05) is 13.8 Å². The average molecular weight is 440 g/mol. The van der Waals surface area contributed by atoms with Crippen molar-refractivity contribution in [2.24, 2.45) is 0 Å². The maximum absolute atomic E-state index is 11.6. The first-order valence-corrected chi connectivity index (χ1v) is 11.2. The molecular formula is C20H19Cl2NO4S. The Bertz CT molecular complexity index is 1070. The van der Waals surface area contributed by atoms with Crippen LogP contribution in [0, 0.1) is 0 Å². The first-order chi connectivity index (χ1) is 13.2. The van der Waals surface area contributed by atoms with Crippen LogP contribution in [0.25, 0.3) is 11.3 Å². The molecule has 0 saturated heterocycles. The number of hydrogen-bond donors (Lipinski definition) is 0. The zero-order valence-corrected chi connectivity index (χ0v) is 17.9. The Morgan fingerprint density at radius 2 is 1.68 bits per heavy atom. The number of ether oxygens (including phenoxy) is 1. The minimum Gasteiger partial charge on any atom is -0.489 e. The third kappa shape index (κ3) is 4.35. The summed E-state index contributed by atoms with van der Waals surface area (Å²) >= 11 is 12.7. The van der Waals surface area contributed by atoms with E-state index < -0.39 is 9.84 Å². The van der Waals surface area contributed by atoms with Crippen molar-refractivity contribution >= 4 is 33.0 Å². The summed E-state index contributed by atoms with van der Waals surface area (Å²) in [6, 6.07) is 11.5. The van der Waals surface area contributed by atoms with Gasteiger partial charge in [0.2, 0.25) is 0 Å². The van der Waals surface area contributed by atoms with E-state index in [2.05, 4.69) is 5.16 Å². The molecule has 3 rings (SSSR count). The lowest BCUT2D eigenvalue weighted by molar-refractivity contribution is 0.298. The third-order valence-electron chi connectivity index (χ3n) is 4.18. The van der Waals surface area contributed by atoms with E-state index >= 15 is 0 Å². The van der Waals surface area contributed by atoms with Gasteiger partial charge in [-0.05, 0) is 36.4 Å². The summed E-state index contributed by atoms with van der Waals surface area (Å²) in [6.07, 6.45) is 1.16. The van der Waals surface area contributed by atoms with Crippen LogP contribution in [0.2, 0.25) is 10.0 Å². The van der Waals surface area contributed by atoms with Gasteiger partial charge < -0.3 is 9.26 Å².